The van der Waals surface area contributed by atoms with Gasteiger partial charge in [0.2, 0.25) is 0 Å². The van der Waals surface area contributed by atoms with Crippen LogP contribution >= 0.6 is 11.3 Å². The van der Waals surface area contributed by atoms with Crippen LogP contribution in [-0.4, -0.2) is 36.9 Å². The van der Waals surface area contributed by atoms with Crippen molar-refractivity contribution in [1.29, 1.82) is 5.41 Å². The quantitative estimate of drug-likeness (QED) is 0.274. The number of aryl methyl sites for hydroxylation is 1. The predicted molar refractivity (Wildman–Crippen MR) is 128 cm³/mol. The molecule has 0 unspecified atom stereocenters. The smallest absolute Gasteiger partial charge is 0.129 e. The van der Waals surface area contributed by atoms with Crippen LogP contribution in [-0.2, 0) is 6.42 Å². The van der Waals surface area contributed by atoms with Crippen molar-refractivity contribution in [2.75, 3.05) is 26.2 Å². The van der Waals surface area contributed by atoms with Crippen molar-refractivity contribution in [3.63, 3.8) is 0 Å². The van der Waals surface area contributed by atoms with Crippen LogP contribution in [0.15, 0.2) is 60.7 Å². The molecule has 3 nitrogen and oxygen atoms in total. The van der Waals surface area contributed by atoms with Gasteiger partial charge in [-0.3, -0.25) is 5.41 Å². The molecule has 1 aliphatic rings. The van der Waals surface area contributed by atoms with Crippen molar-refractivity contribution in [2.45, 2.75) is 40.0 Å². The van der Waals surface area contributed by atoms with Gasteiger partial charge >= 0.3 is 0 Å². The number of piperazine rings is 1. The maximum atomic E-state index is 8.55. The van der Waals surface area contributed by atoms with E-state index in [0.717, 1.165) is 51.0 Å². The molecule has 2 heterocycles. The van der Waals surface area contributed by atoms with Gasteiger partial charge in [-0.1, -0.05) is 48.1 Å². The van der Waals surface area contributed by atoms with Gasteiger partial charge in [-0.25, -0.2) is 0 Å². The summed E-state index contributed by atoms with van der Waals surface area (Å²) >= 11 is 1.82. The first-order chi connectivity index (χ1) is 14.0. The summed E-state index contributed by atoms with van der Waals surface area (Å²) in [5.41, 5.74) is 3.82. The van der Waals surface area contributed by atoms with Crippen LogP contribution in [0.25, 0.3) is 0 Å². The SMILES string of the molecule is C=CCCC=C(C)C.Cc1cc(C(=N)N2CCNCC2)c(Cc2ccccc2)s1. The maximum absolute atomic E-state index is 8.55. The molecule has 0 atom stereocenters. The number of thiophene rings is 1. The zero-order chi connectivity index (χ0) is 21.1. The third-order valence-corrected chi connectivity index (χ3v) is 5.80. The molecule has 156 valence electrons. The summed E-state index contributed by atoms with van der Waals surface area (Å²) in [6.45, 7) is 13.8. The minimum absolute atomic E-state index is 0.687. The number of allylic oxidation sites excluding steroid dienone is 3. The summed E-state index contributed by atoms with van der Waals surface area (Å²) in [6.07, 6.45) is 7.33. The molecular weight excluding hydrogens is 374 g/mol. The molecular formula is C25H35N3S. The van der Waals surface area contributed by atoms with Crippen LogP contribution in [0.1, 0.15) is 47.6 Å². The Morgan fingerprint density at radius 1 is 1.17 bits per heavy atom. The van der Waals surface area contributed by atoms with Crippen molar-refractivity contribution in [2.24, 2.45) is 0 Å². The van der Waals surface area contributed by atoms with E-state index in [-0.39, 0.29) is 0 Å². The van der Waals surface area contributed by atoms with Gasteiger partial charge in [0, 0.05) is 47.9 Å². The number of nitrogens with zero attached hydrogens (tertiary/aromatic N) is 1. The number of nitrogens with one attached hydrogen (secondary N) is 2. The summed E-state index contributed by atoms with van der Waals surface area (Å²) in [4.78, 5) is 4.78. The average molecular weight is 410 g/mol. The molecule has 1 aromatic heterocycles. The van der Waals surface area contributed by atoms with Crippen molar-refractivity contribution in [1.82, 2.24) is 10.2 Å². The standard InChI is InChI=1S/C17H21N3S.C8H14/c1-13-11-15(17(18)20-9-7-19-8-10-20)16(21-13)12-14-5-3-2-4-6-14;1-4-5-6-7-8(2)3/h2-6,11,18-19H,7-10,12H2,1H3;4,7H,1,5-6H2,2-3H3. The molecule has 1 aromatic carbocycles. The summed E-state index contributed by atoms with van der Waals surface area (Å²) in [6, 6.07) is 12.7. The highest BCUT2D eigenvalue weighted by atomic mass is 32.1. The highest BCUT2D eigenvalue weighted by molar-refractivity contribution is 7.12. The Kier molecular flexibility index (Phi) is 9.89. The van der Waals surface area contributed by atoms with Crippen molar-refractivity contribution >= 4 is 17.2 Å². The van der Waals surface area contributed by atoms with E-state index < -0.39 is 0 Å². The van der Waals surface area contributed by atoms with Crippen LogP contribution in [0.4, 0.5) is 0 Å². The molecule has 2 N–H and O–H groups in total. The fraction of sp³-hybridized carbons (Fsp3) is 0.400. The molecule has 2 aromatic rings. The van der Waals surface area contributed by atoms with Crippen molar-refractivity contribution < 1.29 is 0 Å². The van der Waals surface area contributed by atoms with Gasteiger partial charge in [0.25, 0.3) is 0 Å². The first-order valence-electron chi connectivity index (χ1n) is 10.4. The van der Waals surface area contributed by atoms with E-state index >= 15 is 0 Å². The molecule has 0 amide bonds. The van der Waals surface area contributed by atoms with Crippen LogP contribution in [0.3, 0.4) is 0 Å². The monoisotopic (exact) mass is 409 g/mol. The first kappa shape index (κ1) is 23.1. The third-order valence-electron chi connectivity index (χ3n) is 4.75. The van der Waals surface area contributed by atoms with Gasteiger partial charge in [0.05, 0.1) is 0 Å². The van der Waals surface area contributed by atoms with E-state index in [1.165, 1.54) is 20.9 Å². The lowest BCUT2D eigenvalue weighted by Crippen LogP contribution is -2.46. The Morgan fingerprint density at radius 2 is 1.86 bits per heavy atom. The zero-order valence-electron chi connectivity index (χ0n) is 18.1. The molecule has 0 spiro atoms. The second-order valence-corrected chi connectivity index (χ2v) is 8.93. The van der Waals surface area contributed by atoms with Crippen molar-refractivity contribution in [3.05, 3.63) is 81.6 Å². The topological polar surface area (TPSA) is 39.1 Å². The minimum Gasteiger partial charge on any atom is -0.354 e. The number of unbranched alkanes of at least 4 members (excludes halogenated alkanes) is 1. The van der Waals surface area contributed by atoms with E-state index in [1.54, 1.807) is 0 Å². The van der Waals surface area contributed by atoms with E-state index in [2.05, 4.69) is 74.0 Å². The Hall–Kier alpha value is -2.17. The number of benzene rings is 1. The van der Waals surface area contributed by atoms with Crippen LogP contribution < -0.4 is 5.32 Å². The average Bonchev–Trinajstić information content (AvgIpc) is 3.09. The normalized spacial score (nSPS) is 13.3. The Balaban J connectivity index is 0.000000321. The summed E-state index contributed by atoms with van der Waals surface area (Å²) in [5.74, 6) is 0.687. The highest BCUT2D eigenvalue weighted by Crippen LogP contribution is 2.26. The van der Waals surface area contributed by atoms with E-state index in [0.29, 0.717) is 5.84 Å². The fourth-order valence-corrected chi connectivity index (χ4v) is 4.29. The summed E-state index contributed by atoms with van der Waals surface area (Å²) in [5, 5.41) is 11.9. The van der Waals surface area contributed by atoms with Gasteiger partial charge in [0.15, 0.2) is 0 Å². The molecule has 4 heteroatoms. The van der Waals surface area contributed by atoms with Gasteiger partial charge in [-0.2, -0.15) is 0 Å². The Morgan fingerprint density at radius 3 is 2.48 bits per heavy atom. The molecule has 0 bridgehead atoms. The largest absolute Gasteiger partial charge is 0.354 e. The molecule has 29 heavy (non-hydrogen) atoms. The number of rotatable bonds is 6. The molecule has 0 radical (unpaired) electrons. The fourth-order valence-electron chi connectivity index (χ4n) is 3.22. The number of hydrogen-bond donors (Lipinski definition) is 2. The van der Waals surface area contributed by atoms with E-state index in [9.17, 15) is 0 Å². The minimum atomic E-state index is 0.687. The zero-order valence-corrected chi connectivity index (χ0v) is 18.9. The predicted octanol–water partition coefficient (Wildman–Crippen LogP) is 5.80. The number of hydrogen-bond acceptors (Lipinski definition) is 3. The molecule has 3 rings (SSSR count). The third kappa shape index (κ3) is 8.00. The van der Waals surface area contributed by atoms with E-state index in [1.807, 2.05) is 23.5 Å². The van der Waals surface area contributed by atoms with Crippen molar-refractivity contribution in [3.8, 4) is 0 Å². The summed E-state index contributed by atoms with van der Waals surface area (Å²) < 4.78 is 0. The van der Waals surface area contributed by atoms with Gasteiger partial charge in [0.1, 0.15) is 5.84 Å². The molecule has 0 saturated carbocycles. The van der Waals surface area contributed by atoms with Crippen LogP contribution in [0, 0.1) is 12.3 Å². The van der Waals surface area contributed by atoms with E-state index in [4.69, 9.17) is 5.41 Å². The molecule has 1 saturated heterocycles. The lowest BCUT2D eigenvalue weighted by Gasteiger charge is -2.29. The lowest BCUT2D eigenvalue weighted by molar-refractivity contribution is 0.356. The first-order valence-corrected chi connectivity index (χ1v) is 11.2. The second kappa shape index (κ2) is 12.4. The van der Waals surface area contributed by atoms with Crippen LogP contribution in [0.2, 0.25) is 0 Å². The number of amidine groups is 1. The van der Waals surface area contributed by atoms with Gasteiger partial charge in [-0.05, 0) is 45.2 Å². The second-order valence-electron chi connectivity index (χ2n) is 7.59. The molecule has 1 aliphatic heterocycles. The van der Waals surface area contributed by atoms with Gasteiger partial charge in [-0.15, -0.1) is 17.9 Å². The maximum Gasteiger partial charge on any atom is 0.129 e. The Labute approximate surface area is 180 Å². The summed E-state index contributed by atoms with van der Waals surface area (Å²) in [7, 11) is 0. The highest BCUT2D eigenvalue weighted by Gasteiger charge is 2.19. The molecule has 0 aliphatic carbocycles. The van der Waals surface area contributed by atoms with Crippen LogP contribution in [0.5, 0.6) is 0 Å². The molecule has 1 fully saturated rings. The Bertz CT molecular complexity index is 795. The lowest BCUT2D eigenvalue weighted by atomic mass is 10.1. The van der Waals surface area contributed by atoms with Gasteiger partial charge < -0.3 is 10.2 Å².